The lowest BCUT2D eigenvalue weighted by Gasteiger charge is -2.10. The van der Waals surface area contributed by atoms with Gasteiger partial charge in [-0.25, -0.2) is 4.98 Å². The van der Waals surface area contributed by atoms with Crippen molar-refractivity contribution in [2.75, 3.05) is 18.5 Å². The molecule has 0 radical (unpaired) electrons. The molecule has 6 nitrogen and oxygen atoms in total. The summed E-state index contributed by atoms with van der Waals surface area (Å²) in [6.45, 7) is 5.07. The summed E-state index contributed by atoms with van der Waals surface area (Å²) in [5.41, 5.74) is 5.06. The van der Waals surface area contributed by atoms with Gasteiger partial charge in [-0.05, 0) is 42.7 Å². The summed E-state index contributed by atoms with van der Waals surface area (Å²) in [5.74, 6) is 0.547. The van der Waals surface area contributed by atoms with Crippen molar-refractivity contribution in [1.82, 2.24) is 14.7 Å². The number of hydrogen-bond donors (Lipinski definition) is 3. The number of fused-ring (bicyclic) bond motifs is 1. The molecule has 0 spiro atoms. The Hall–Kier alpha value is -2.86. The smallest absolute Gasteiger partial charge is 0.252 e. The van der Waals surface area contributed by atoms with Gasteiger partial charge in [0.1, 0.15) is 11.5 Å². The molecule has 0 saturated carbocycles. The van der Waals surface area contributed by atoms with Gasteiger partial charge in [0.05, 0.1) is 18.4 Å². The van der Waals surface area contributed by atoms with Crippen LogP contribution in [0, 0.1) is 13.8 Å². The van der Waals surface area contributed by atoms with E-state index in [2.05, 4.69) is 47.7 Å². The van der Waals surface area contributed by atoms with Crippen LogP contribution < -0.4 is 10.6 Å². The van der Waals surface area contributed by atoms with Crippen molar-refractivity contribution in [3.63, 3.8) is 0 Å². The first-order valence-corrected chi connectivity index (χ1v) is 8.25. The zero-order valence-electron chi connectivity index (χ0n) is 14.4. The fourth-order valence-electron chi connectivity index (χ4n) is 2.79. The number of nitrogens with one attached hydrogen (secondary N) is 2. The van der Waals surface area contributed by atoms with Crippen LogP contribution in [-0.4, -0.2) is 33.6 Å². The fraction of sp³-hybridized carbons (Fsp3) is 0.263. The van der Waals surface area contributed by atoms with Gasteiger partial charge in [-0.3, -0.25) is 4.79 Å². The van der Waals surface area contributed by atoms with Crippen LogP contribution in [0.25, 0.3) is 5.65 Å². The molecule has 0 aliphatic carbocycles. The summed E-state index contributed by atoms with van der Waals surface area (Å²) < 4.78 is 1.82. The first kappa shape index (κ1) is 17.0. The summed E-state index contributed by atoms with van der Waals surface area (Å²) >= 11 is 0. The van der Waals surface area contributed by atoms with E-state index in [4.69, 9.17) is 5.11 Å². The molecule has 1 aromatic carbocycles. The van der Waals surface area contributed by atoms with E-state index in [9.17, 15) is 4.79 Å². The minimum atomic E-state index is -0.213. The van der Waals surface area contributed by atoms with Crippen molar-refractivity contribution in [3.8, 4) is 0 Å². The minimum Gasteiger partial charge on any atom is -0.395 e. The molecule has 2 aromatic heterocycles. The number of carbonyl (C=O) groups is 1. The predicted molar refractivity (Wildman–Crippen MR) is 97.9 cm³/mol. The molecule has 6 heteroatoms. The van der Waals surface area contributed by atoms with Crippen LogP contribution in [-0.2, 0) is 6.54 Å². The molecule has 0 unspecified atom stereocenters. The van der Waals surface area contributed by atoms with Gasteiger partial charge in [-0.1, -0.05) is 18.2 Å². The normalized spacial score (nSPS) is 10.8. The molecule has 0 aliphatic rings. The number of carbonyl (C=O) groups excluding carboxylic acids is 1. The molecule has 0 fully saturated rings. The number of aromatic nitrogens is 2. The average molecular weight is 338 g/mol. The monoisotopic (exact) mass is 338 g/mol. The van der Waals surface area contributed by atoms with Crippen LogP contribution in [0.1, 0.15) is 27.0 Å². The molecule has 0 aliphatic heterocycles. The maximum atomic E-state index is 12.0. The van der Waals surface area contributed by atoms with E-state index in [0.29, 0.717) is 12.1 Å². The van der Waals surface area contributed by atoms with Gasteiger partial charge in [-0.2, -0.15) is 0 Å². The molecule has 0 atom stereocenters. The zero-order valence-corrected chi connectivity index (χ0v) is 14.4. The molecular formula is C19H22N4O2. The van der Waals surface area contributed by atoms with Crippen molar-refractivity contribution in [1.29, 1.82) is 0 Å². The van der Waals surface area contributed by atoms with Crippen molar-refractivity contribution in [3.05, 3.63) is 65.0 Å². The highest BCUT2D eigenvalue weighted by Crippen LogP contribution is 2.16. The van der Waals surface area contributed by atoms with Gasteiger partial charge < -0.3 is 20.1 Å². The van der Waals surface area contributed by atoms with E-state index in [1.807, 2.05) is 10.6 Å². The third kappa shape index (κ3) is 3.80. The van der Waals surface area contributed by atoms with Crippen LogP contribution >= 0.6 is 0 Å². The number of aryl methyl sites for hydroxylation is 2. The Bertz CT molecular complexity index is 881. The van der Waals surface area contributed by atoms with Crippen LogP contribution in [0.4, 0.5) is 5.82 Å². The second kappa shape index (κ2) is 7.36. The zero-order chi connectivity index (χ0) is 17.8. The molecular weight excluding hydrogens is 316 g/mol. The van der Waals surface area contributed by atoms with Gasteiger partial charge in [0.15, 0.2) is 0 Å². The van der Waals surface area contributed by atoms with E-state index in [-0.39, 0.29) is 19.1 Å². The number of aliphatic hydroxyl groups excluding tert-OH is 1. The maximum absolute atomic E-state index is 12.0. The van der Waals surface area contributed by atoms with Crippen molar-refractivity contribution in [2.24, 2.45) is 0 Å². The Balaban J connectivity index is 1.76. The van der Waals surface area contributed by atoms with Gasteiger partial charge in [0, 0.05) is 19.3 Å². The standard InChI is InChI=1S/C19H22N4O2/c1-13-4-3-5-14(2)16(13)10-21-17-12-23-11-15(6-7-18(23)22-17)19(25)20-8-9-24/h3-7,11-12,21,24H,8-10H2,1-2H3,(H,20,25). The lowest BCUT2D eigenvalue weighted by Crippen LogP contribution is -2.26. The van der Waals surface area contributed by atoms with Gasteiger partial charge in [0.2, 0.25) is 0 Å². The van der Waals surface area contributed by atoms with Gasteiger partial charge >= 0.3 is 0 Å². The molecule has 3 aromatic rings. The van der Waals surface area contributed by atoms with Crippen LogP contribution in [0.3, 0.4) is 0 Å². The summed E-state index contributed by atoms with van der Waals surface area (Å²) in [6, 6.07) is 9.79. The summed E-state index contributed by atoms with van der Waals surface area (Å²) in [5, 5.41) is 14.8. The second-order valence-electron chi connectivity index (χ2n) is 6.01. The van der Waals surface area contributed by atoms with Crippen molar-refractivity contribution in [2.45, 2.75) is 20.4 Å². The highest BCUT2D eigenvalue weighted by molar-refractivity contribution is 5.94. The molecule has 3 rings (SSSR count). The topological polar surface area (TPSA) is 78.7 Å². The number of hydrogen-bond acceptors (Lipinski definition) is 4. The number of imidazole rings is 1. The Morgan fingerprint density at radius 1 is 1.16 bits per heavy atom. The lowest BCUT2D eigenvalue weighted by atomic mass is 10.0. The lowest BCUT2D eigenvalue weighted by molar-refractivity contribution is 0.0944. The Kier molecular flexibility index (Phi) is 5.00. The number of anilines is 1. The Morgan fingerprint density at radius 2 is 1.92 bits per heavy atom. The van der Waals surface area contributed by atoms with Gasteiger partial charge in [-0.15, -0.1) is 0 Å². The number of amides is 1. The summed E-state index contributed by atoms with van der Waals surface area (Å²) in [7, 11) is 0. The first-order chi connectivity index (χ1) is 12.1. The van der Waals surface area contributed by atoms with Crippen molar-refractivity contribution < 1.29 is 9.90 Å². The number of pyridine rings is 1. The SMILES string of the molecule is Cc1cccc(C)c1CNc1cn2cc(C(=O)NCCO)ccc2n1. The number of aliphatic hydroxyl groups is 1. The van der Waals surface area contributed by atoms with E-state index in [1.54, 1.807) is 18.3 Å². The number of rotatable bonds is 6. The van der Waals surface area contributed by atoms with Gasteiger partial charge in [0.25, 0.3) is 5.91 Å². The molecule has 0 bridgehead atoms. The molecule has 2 heterocycles. The maximum Gasteiger partial charge on any atom is 0.252 e. The van der Waals surface area contributed by atoms with Crippen LogP contribution in [0.5, 0.6) is 0 Å². The third-order valence-electron chi connectivity index (χ3n) is 4.20. The largest absolute Gasteiger partial charge is 0.395 e. The third-order valence-corrected chi connectivity index (χ3v) is 4.20. The number of nitrogens with zero attached hydrogens (tertiary/aromatic N) is 2. The van der Waals surface area contributed by atoms with Crippen LogP contribution in [0.2, 0.25) is 0 Å². The first-order valence-electron chi connectivity index (χ1n) is 8.25. The molecule has 0 saturated heterocycles. The highest BCUT2D eigenvalue weighted by atomic mass is 16.3. The Morgan fingerprint density at radius 3 is 2.64 bits per heavy atom. The average Bonchev–Trinajstić information content (AvgIpc) is 3.01. The predicted octanol–water partition coefficient (Wildman–Crippen LogP) is 2.29. The quantitative estimate of drug-likeness (QED) is 0.644. The van der Waals surface area contributed by atoms with E-state index >= 15 is 0 Å². The summed E-state index contributed by atoms with van der Waals surface area (Å²) in [4.78, 5) is 16.5. The van der Waals surface area contributed by atoms with E-state index in [1.165, 1.54) is 16.7 Å². The van der Waals surface area contributed by atoms with Crippen molar-refractivity contribution >= 4 is 17.4 Å². The molecule has 1 amide bonds. The fourth-order valence-corrected chi connectivity index (χ4v) is 2.79. The molecule has 3 N–H and O–H groups in total. The highest BCUT2D eigenvalue weighted by Gasteiger charge is 2.08. The van der Waals surface area contributed by atoms with E-state index < -0.39 is 0 Å². The van der Waals surface area contributed by atoms with E-state index in [0.717, 1.165) is 11.5 Å². The summed E-state index contributed by atoms with van der Waals surface area (Å²) in [6.07, 6.45) is 3.60. The molecule has 130 valence electrons. The second-order valence-corrected chi connectivity index (χ2v) is 6.01. The number of benzene rings is 1. The minimum absolute atomic E-state index is 0.0779. The Labute approximate surface area is 146 Å². The van der Waals surface area contributed by atoms with Crippen LogP contribution in [0.15, 0.2) is 42.7 Å². The molecule has 25 heavy (non-hydrogen) atoms.